The Morgan fingerprint density at radius 3 is 2.59 bits per heavy atom. The van der Waals surface area contributed by atoms with Gasteiger partial charge in [0.1, 0.15) is 5.76 Å². The standard InChI is InChI=1S/C22H25N5O2/c28-22-12-20(17-3-7-23-8-4-17)24-15-27(22)13-16-5-9-26(10-6-16)14-19-11-21(29-25-19)18-1-2-18/h3-4,7-8,11-12,15-16,18H,1-2,5-6,9-10,13-14H2. The van der Waals surface area contributed by atoms with E-state index in [-0.39, 0.29) is 5.56 Å². The van der Waals surface area contributed by atoms with Crippen molar-refractivity contribution in [1.29, 1.82) is 0 Å². The first-order chi connectivity index (χ1) is 14.2. The van der Waals surface area contributed by atoms with Crippen molar-refractivity contribution in [3.63, 3.8) is 0 Å². The van der Waals surface area contributed by atoms with E-state index in [0.717, 1.165) is 56.0 Å². The van der Waals surface area contributed by atoms with Gasteiger partial charge in [-0.25, -0.2) is 4.98 Å². The predicted octanol–water partition coefficient (Wildman–Crippen LogP) is 3.08. The molecule has 2 fully saturated rings. The smallest absolute Gasteiger partial charge is 0.253 e. The van der Waals surface area contributed by atoms with Crippen LogP contribution in [0.3, 0.4) is 0 Å². The van der Waals surface area contributed by atoms with Crippen molar-refractivity contribution in [2.45, 2.75) is 44.7 Å². The number of pyridine rings is 1. The lowest BCUT2D eigenvalue weighted by atomic mass is 9.96. The summed E-state index contributed by atoms with van der Waals surface area (Å²) in [6.07, 6.45) is 9.72. The van der Waals surface area contributed by atoms with Crippen LogP contribution in [0.1, 0.15) is 43.1 Å². The minimum Gasteiger partial charge on any atom is -0.361 e. The average Bonchev–Trinajstić information content (AvgIpc) is 3.51. The van der Waals surface area contributed by atoms with Crippen LogP contribution in [0.4, 0.5) is 0 Å². The molecule has 0 radical (unpaired) electrons. The highest BCUT2D eigenvalue weighted by Gasteiger charge is 2.28. The van der Waals surface area contributed by atoms with E-state index in [9.17, 15) is 4.79 Å². The van der Waals surface area contributed by atoms with Gasteiger partial charge in [0.2, 0.25) is 0 Å². The highest BCUT2D eigenvalue weighted by Crippen LogP contribution is 2.40. The molecule has 1 aliphatic carbocycles. The second kappa shape index (κ2) is 7.91. The quantitative estimate of drug-likeness (QED) is 0.643. The Labute approximate surface area is 169 Å². The molecule has 150 valence electrons. The summed E-state index contributed by atoms with van der Waals surface area (Å²) in [4.78, 5) is 23.4. The number of aromatic nitrogens is 4. The van der Waals surface area contributed by atoms with Gasteiger partial charge in [-0.3, -0.25) is 19.2 Å². The van der Waals surface area contributed by atoms with Gasteiger partial charge in [0, 0.05) is 49.1 Å². The molecule has 0 N–H and O–H groups in total. The van der Waals surface area contributed by atoms with E-state index in [1.54, 1.807) is 29.4 Å². The van der Waals surface area contributed by atoms with Crippen LogP contribution in [0.15, 0.2) is 52.3 Å². The molecule has 0 aromatic carbocycles. The van der Waals surface area contributed by atoms with Crippen LogP contribution in [-0.2, 0) is 13.1 Å². The fraction of sp³-hybridized carbons (Fsp3) is 0.455. The molecule has 2 aliphatic rings. The van der Waals surface area contributed by atoms with Gasteiger partial charge in [-0.2, -0.15) is 0 Å². The third-order valence-corrected chi connectivity index (χ3v) is 5.96. The van der Waals surface area contributed by atoms with E-state index in [2.05, 4.69) is 26.1 Å². The van der Waals surface area contributed by atoms with Crippen LogP contribution < -0.4 is 5.56 Å². The summed E-state index contributed by atoms with van der Waals surface area (Å²) in [5.74, 6) is 2.16. The molecule has 0 amide bonds. The molecule has 0 bridgehead atoms. The van der Waals surface area contributed by atoms with E-state index < -0.39 is 0 Å². The molecule has 29 heavy (non-hydrogen) atoms. The molecular formula is C22H25N5O2. The first-order valence-electron chi connectivity index (χ1n) is 10.4. The number of hydrogen-bond acceptors (Lipinski definition) is 6. The van der Waals surface area contributed by atoms with E-state index in [4.69, 9.17) is 4.52 Å². The molecule has 0 spiro atoms. The van der Waals surface area contributed by atoms with Gasteiger partial charge in [0.05, 0.1) is 17.7 Å². The second-order valence-corrected chi connectivity index (χ2v) is 8.22. The largest absolute Gasteiger partial charge is 0.361 e. The van der Waals surface area contributed by atoms with Crippen molar-refractivity contribution in [3.8, 4) is 11.3 Å². The highest BCUT2D eigenvalue weighted by molar-refractivity contribution is 5.57. The van der Waals surface area contributed by atoms with E-state index in [1.807, 2.05) is 12.1 Å². The predicted molar refractivity (Wildman–Crippen MR) is 108 cm³/mol. The maximum absolute atomic E-state index is 12.5. The molecule has 1 saturated carbocycles. The topological polar surface area (TPSA) is 77.0 Å². The molecule has 1 aliphatic heterocycles. The van der Waals surface area contributed by atoms with Crippen molar-refractivity contribution < 1.29 is 4.52 Å². The number of piperidine rings is 1. The first-order valence-corrected chi connectivity index (χ1v) is 10.4. The van der Waals surface area contributed by atoms with E-state index >= 15 is 0 Å². The zero-order valence-corrected chi connectivity index (χ0v) is 16.4. The Morgan fingerprint density at radius 1 is 1.07 bits per heavy atom. The zero-order valence-electron chi connectivity index (χ0n) is 16.4. The Hall–Kier alpha value is -2.80. The molecule has 0 atom stereocenters. The average molecular weight is 391 g/mol. The minimum atomic E-state index is 0.00412. The van der Waals surface area contributed by atoms with Gasteiger partial charge in [0.15, 0.2) is 0 Å². The summed E-state index contributed by atoms with van der Waals surface area (Å²) in [5.41, 5.74) is 2.65. The third-order valence-electron chi connectivity index (χ3n) is 5.96. The van der Waals surface area contributed by atoms with Gasteiger partial charge in [0.25, 0.3) is 5.56 Å². The number of likely N-dealkylation sites (tertiary alicyclic amines) is 1. The maximum atomic E-state index is 12.5. The summed E-state index contributed by atoms with van der Waals surface area (Å²) in [5, 5.41) is 4.23. The third kappa shape index (κ3) is 4.29. The van der Waals surface area contributed by atoms with Crippen molar-refractivity contribution in [2.24, 2.45) is 5.92 Å². The Balaban J connectivity index is 1.16. The number of nitrogens with zero attached hydrogens (tertiary/aromatic N) is 5. The second-order valence-electron chi connectivity index (χ2n) is 8.22. The summed E-state index contributed by atoms with van der Waals surface area (Å²) in [7, 11) is 0. The van der Waals surface area contributed by atoms with Crippen molar-refractivity contribution in [1.82, 2.24) is 24.6 Å². The van der Waals surface area contributed by atoms with Gasteiger partial charge in [-0.05, 0) is 56.8 Å². The SMILES string of the molecule is O=c1cc(-c2ccncc2)ncn1CC1CCN(Cc2cc(C3CC3)on2)CC1. The lowest BCUT2D eigenvalue weighted by molar-refractivity contribution is 0.163. The van der Waals surface area contributed by atoms with Crippen LogP contribution in [0.25, 0.3) is 11.3 Å². The van der Waals surface area contributed by atoms with E-state index in [1.165, 1.54) is 12.8 Å². The Kier molecular flexibility index (Phi) is 4.97. The van der Waals surface area contributed by atoms with Crippen LogP contribution in [0.2, 0.25) is 0 Å². The van der Waals surface area contributed by atoms with E-state index in [0.29, 0.717) is 17.5 Å². The lowest BCUT2D eigenvalue weighted by Gasteiger charge is -2.31. The highest BCUT2D eigenvalue weighted by atomic mass is 16.5. The van der Waals surface area contributed by atoms with Crippen molar-refractivity contribution in [3.05, 3.63) is 64.8 Å². The summed E-state index contributed by atoms with van der Waals surface area (Å²) in [6.45, 7) is 3.62. The van der Waals surface area contributed by atoms with Gasteiger partial charge in [-0.15, -0.1) is 0 Å². The van der Waals surface area contributed by atoms with Gasteiger partial charge < -0.3 is 4.52 Å². The summed E-state index contributed by atoms with van der Waals surface area (Å²) < 4.78 is 7.20. The van der Waals surface area contributed by atoms with Crippen LogP contribution in [0, 0.1) is 5.92 Å². The van der Waals surface area contributed by atoms with Crippen molar-refractivity contribution in [2.75, 3.05) is 13.1 Å². The van der Waals surface area contributed by atoms with Gasteiger partial charge in [-0.1, -0.05) is 5.16 Å². The number of hydrogen-bond donors (Lipinski definition) is 0. The maximum Gasteiger partial charge on any atom is 0.253 e. The fourth-order valence-corrected chi connectivity index (χ4v) is 4.04. The van der Waals surface area contributed by atoms with Crippen LogP contribution in [-0.4, -0.2) is 37.7 Å². The van der Waals surface area contributed by atoms with Crippen molar-refractivity contribution >= 4 is 0 Å². The van der Waals surface area contributed by atoms with Gasteiger partial charge >= 0.3 is 0 Å². The summed E-state index contributed by atoms with van der Waals surface area (Å²) >= 11 is 0. The van der Waals surface area contributed by atoms with Crippen LogP contribution >= 0.6 is 0 Å². The molecule has 7 heteroatoms. The molecule has 7 nitrogen and oxygen atoms in total. The zero-order chi connectivity index (χ0) is 19.6. The summed E-state index contributed by atoms with van der Waals surface area (Å²) in [6, 6.07) is 7.47. The number of rotatable bonds is 6. The molecule has 5 rings (SSSR count). The van der Waals surface area contributed by atoms with Crippen LogP contribution in [0.5, 0.6) is 0 Å². The molecule has 1 saturated heterocycles. The minimum absolute atomic E-state index is 0.00412. The molecule has 3 aromatic heterocycles. The molecule has 3 aromatic rings. The molecule has 4 heterocycles. The normalized spacial score (nSPS) is 18.2. The Bertz CT molecular complexity index is 1020. The lowest BCUT2D eigenvalue weighted by Crippen LogP contribution is -2.36. The monoisotopic (exact) mass is 391 g/mol. The molecule has 0 unspecified atom stereocenters. The first kappa shape index (κ1) is 18.2. The molecular weight excluding hydrogens is 366 g/mol. The fourth-order valence-electron chi connectivity index (χ4n) is 4.04. The Morgan fingerprint density at radius 2 is 1.86 bits per heavy atom.